The molecule has 1 atom stereocenters. The molecule has 9 heteroatoms. The number of ketones is 1. The maximum absolute atomic E-state index is 13.2. The van der Waals surface area contributed by atoms with Gasteiger partial charge in [-0.2, -0.15) is 5.10 Å². The second-order valence-corrected chi connectivity index (χ2v) is 9.33. The number of hydrogen-bond acceptors (Lipinski definition) is 7. The van der Waals surface area contributed by atoms with Crippen molar-refractivity contribution < 1.29 is 19.4 Å². The fourth-order valence-electron chi connectivity index (χ4n) is 4.54. The van der Waals surface area contributed by atoms with Gasteiger partial charge >= 0.3 is 0 Å². The summed E-state index contributed by atoms with van der Waals surface area (Å²) >= 11 is 1.47. The maximum atomic E-state index is 13.2. The second kappa shape index (κ2) is 9.54. The first-order valence-corrected chi connectivity index (χ1v) is 12.2. The molecule has 1 amide bonds. The van der Waals surface area contributed by atoms with E-state index >= 15 is 0 Å². The molecule has 0 saturated carbocycles. The highest BCUT2D eigenvalue weighted by atomic mass is 32.1. The van der Waals surface area contributed by atoms with Crippen molar-refractivity contribution in [2.24, 2.45) is 0 Å². The molecule has 2 aliphatic heterocycles. The molecule has 4 heterocycles. The van der Waals surface area contributed by atoms with Gasteiger partial charge in [0, 0.05) is 31.1 Å². The summed E-state index contributed by atoms with van der Waals surface area (Å²) in [6, 6.07) is 12.7. The average molecular weight is 479 g/mol. The van der Waals surface area contributed by atoms with Crippen LogP contribution in [0.15, 0.2) is 59.6 Å². The molecule has 176 valence electrons. The summed E-state index contributed by atoms with van der Waals surface area (Å²) in [5.74, 6) is -1.43. The van der Waals surface area contributed by atoms with Gasteiger partial charge in [0.1, 0.15) is 5.76 Å². The molecule has 2 fully saturated rings. The molecule has 1 aromatic carbocycles. The Morgan fingerprint density at radius 3 is 2.59 bits per heavy atom. The van der Waals surface area contributed by atoms with Gasteiger partial charge in [-0.1, -0.05) is 24.3 Å². The number of para-hydroxylation sites is 1. The SMILES string of the molecule is Cc1c(/C(O)=C2/C(=O)C(=O)N(CCN3CCOCC3)C2c2cccs2)cnn1-c1ccccc1. The molecule has 2 aromatic heterocycles. The van der Waals surface area contributed by atoms with E-state index < -0.39 is 17.7 Å². The van der Waals surface area contributed by atoms with E-state index in [1.807, 2.05) is 54.8 Å². The van der Waals surface area contributed by atoms with Crippen molar-refractivity contribution in [3.8, 4) is 5.69 Å². The van der Waals surface area contributed by atoms with Crippen LogP contribution in [0.4, 0.5) is 0 Å². The van der Waals surface area contributed by atoms with Crippen LogP contribution in [0.2, 0.25) is 0 Å². The lowest BCUT2D eigenvalue weighted by atomic mass is 10.00. The van der Waals surface area contributed by atoms with Gasteiger partial charge in [0.2, 0.25) is 0 Å². The van der Waals surface area contributed by atoms with Crippen molar-refractivity contribution in [2.75, 3.05) is 39.4 Å². The molecule has 34 heavy (non-hydrogen) atoms. The molecular weight excluding hydrogens is 452 g/mol. The van der Waals surface area contributed by atoms with E-state index in [0.29, 0.717) is 37.6 Å². The van der Waals surface area contributed by atoms with E-state index in [2.05, 4.69) is 10.00 Å². The zero-order valence-corrected chi connectivity index (χ0v) is 19.7. The largest absolute Gasteiger partial charge is 0.507 e. The van der Waals surface area contributed by atoms with Crippen molar-refractivity contribution in [1.82, 2.24) is 19.6 Å². The third kappa shape index (κ3) is 4.06. The van der Waals surface area contributed by atoms with Crippen LogP contribution >= 0.6 is 11.3 Å². The molecule has 2 saturated heterocycles. The molecule has 1 unspecified atom stereocenters. The predicted molar refractivity (Wildman–Crippen MR) is 129 cm³/mol. The fraction of sp³-hybridized carbons (Fsp3) is 0.320. The molecule has 2 aliphatic rings. The monoisotopic (exact) mass is 478 g/mol. The molecule has 0 radical (unpaired) electrons. The summed E-state index contributed by atoms with van der Waals surface area (Å²) in [5, 5.41) is 17.7. The van der Waals surface area contributed by atoms with Gasteiger partial charge in [-0.15, -0.1) is 11.3 Å². The smallest absolute Gasteiger partial charge is 0.295 e. The zero-order chi connectivity index (χ0) is 23.7. The highest BCUT2D eigenvalue weighted by Crippen LogP contribution is 2.41. The van der Waals surface area contributed by atoms with Crippen molar-refractivity contribution in [1.29, 1.82) is 0 Å². The van der Waals surface area contributed by atoms with Crippen molar-refractivity contribution >= 4 is 28.8 Å². The van der Waals surface area contributed by atoms with Crippen LogP contribution in [-0.4, -0.2) is 75.8 Å². The molecule has 3 aromatic rings. The quantitative estimate of drug-likeness (QED) is 0.333. The number of aliphatic hydroxyl groups is 1. The maximum Gasteiger partial charge on any atom is 0.295 e. The highest BCUT2D eigenvalue weighted by Gasteiger charge is 2.46. The van der Waals surface area contributed by atoms with Crippen molar-refractivity contribution in [2.45, 2.75) is 13.0 Å². The third-order valence-electron chi connectivity index (χ3n) is 6.38. The zero-order valence-electron chi connectivity index (χ0n) is 18.9. The molecule has 0 aliphatic carbocycles. The lowest BCUT2D eigenvalue weighted by Crippen LogP contribution is -2.42. The highest BCUT2D eigenvalue weighted by molar-refractivity contribution is 7.10. The number of thiophene rings is 1. The average Bonchev–Trinajstić information content (AvgIpc) is 3.58. The van der Waals surface area contributed by atoms with Crippen LogP contribution in [0, 0.1) is 6.92 Å². The molecule has 0 spiro atoms. The van der Waals surface area contributed by atoms with Gasteiger partial charge in [-0.3, -0.25) is 14.5 Å². The number of aromatic nitrogens is 2. The van der Waals surface area contributed by atoms with Gasteiger partial charge in [0.05, 0.1) is 48.0 Å². The van der Waals surface area contributed by atoms with E-state index in [9.17, 15) is 14.7 Å². The van der Waals surface area contributed by atoms with Crippen LogP contribution in [-0.2, 0) is 14.3 Å². The molecule has 8 nitrogen and oxygen atoms in total. The predicted octanol–water partition coefficient (Wildman–Crippen LogP) is 3.00. The summed E-state index contributed by atoms with van der Waals surface area (Å²) in [6.45, 7) is 5.80. The summed E-state index contributed by atoms with van der Waals surface area (Å²) in [7, 11) is 0. The number of Topliss-reactive ketones (excluding diaryl/α,β-unsaturated/α-hetero) is 1. The summed E-state index contributed by atoms with van der Waals surface area (Å²) < 4.78 is 7.12. The van der Waals surface area contributed by atoms with E-state index in [0.717, 1.165) is 23.7 Å². The number of carbonyl (C=O) groups is 2. The second-order valence-electron chi connectivity index (χ2n) is 8.35. The summed E-state index contributed by atoms with van der Waals surface area (Å²) in [5.41, 5.74) is 2.09. The summed E-state index contributed by atoms with van der Waals surface area (Å²) in [6.07, 6.45) is 1.55. The normalized spacial score (nSPS) is 20.9. The number of rotatable bonds is 6. The Morgan fingerprint density at radius 1 is 1.12 bits per heavy atom. The fourth-order valence-corrected chi connectivity index (χ4v) is 5.39. The van der Waals surface area contributed by atoms with E-state index in [1.54, 1.807) is 15.8 Å². The van der Waals surface area contributed by atoms with E-state index in [4.69, 9.17) is 4.74 Å². The van der Waals surface area contributed by atoms with Crippen LogP contribution in [0.5, 0.6) is 0 Å². The first kappa shape index (κ1) is 22.5. The van der Waals surface area contributed by atoms with Crippen molar-refractivity contribution in [3.63, 3.8) is 0 Å². The first-order chi connectivity index (χ1) is 16.6. The molecule has 0 bridgehead atoms. The number of ether oxygens (including phenoxy) is 1. The lowest BCUT2D eigenvalue weighted by Gasteiger charge is -2.30. The van der Waals surface area contributed by atoms with Gasteiger partial charge < -0.3 is 14.7 Å². The van der Waals surface area contributed by atoms with Crippen molar-refractivity contribution in [3.05, 3.63) is 75.7 Å². The third-order valence-corrected chi connectivity index (χ3v) is 7.30. The number of benzene rings is 1. The number of amides is 1. The van der Waals surface area contributed by atoms with Crippen LogP contribution in [0.25, 0.3) is 11.4 Å². The topological polar surface area (TPSA) is 87.9 Å². The summed E-state index contributed by atoms with van der Waals surface area (Å²) in [4.78, 5) is 31.0. The molecule has 1 N–H and O–H groups in total. The standard InChI is InChI=1S/C25H26N4O4S/c1-17-19(16-26-29(17)18-6-3-2-4-7-18)23(30)21-22(20-8-5-15-34-20)28(25(32)24(21)31)10-9-27-11-13-33-14-12-27/h2-8,15-16,22,30H,9-14H2,1H3/b23-21-. The number of nitrogens with zero attached hydrogens (tertiary/aromatic N) is 4. The number of carbonyl (C=O) groups excluding carboxylic acids is 2. The first-order valence-electron chi connectivity index (χ1n) is 11.3. The Labute approximate surface area is 201 Å². The Balaban J connectivity index is 1.52. The van der Waals surface area contributed by atoms with Gasteiger partial charge in [-0.25, -0.2) is 4.68 Å². The van der Waals surface area contributed by atoms with E-state index in [1.165, 1.54) is 11.3 Å². The van der Waals surface area contributed by atoms with Crippen LogP contribution in [0.3, 0.4) is 0 Å². The molecular formula is C25H26N4O4S. The Hall–Kier alpha value is -3.27. The molecule has 5 rings (SSSR count). The van der Waals surface area contributed by atoms with Crippen LogP contribution < -0.4 is 0 Å². The minimum absolute atomic E-state index is 0.116. The number of aliphatic hydroxyl groups excluding tert-OH is 1. The minimum atomic E-state index is -0.662. The van der Waals surface area contributed by atoms with Gasteiger partial charge in [0.25, 0.3) is 11.7 Å². The number of likely N-dealkylation sites (tertiary alicyclic amines) is 1. The number of morpholine rings is 1. The minimum Gasteiger partial charge on any atom is -0.507 e. The Kier molecular flexibility index (Phi) is 6.32. The van der Waals surface area contributed by atoms with Gasteiger partial charge in [0.15, 0.2) is 0 Å². The van der Waals surface area contributed by atoms with Crippen LogP contribution in [0.1, 0.15) is 22.2 Å². The lowest BCUT2D eigenvalue weighted by molar-refractivity contribution is -0.140. The van der Waals surface area contributed by atoms with E-state index in [-0.39, 0.29) is 11.3 Å². The Bertz CT molecular complexity index is 1210. The Morgan fingerprint density at radius 2 is 1.88 bits per heavy atom. The number of hydrogen-bond donors (Lipinski definition) is 1. The van der Waals surface area contributed by atoms with Gasteiger partial charge in [-0.05, 0) is 30.5 Å².